The van der Waals surface area contributed by atoms with Crippen molar-refractivity contribution in [2.24, 2.45) is 0 Å². The molecule has 0 fully saturated rings. The van der Waals surface area contributed by atoms with Gasteiger partial charge in [0.15, 0.2) is 0 Å². The van der Waals surface area contributed by atoms with Crippen LogP contribution in [0.2, 0.25) is 5.02 Å². The fourth-order valence-corrected chi connectivity index (χ4v) is 2.70. The summed E-state index contributed by atoms with van der Waals surface area (Å²) in [6, 6.07) is 7.83. The van der Waals surface area contributed by atoms with Crippen molar-refractivity contribution in [2.75, 3.05) is 10.6 Å². The first-order chi connectivity index (χ1) is 11.6. The van der Waals surface area contributed by atoms with E-state index < -0.39 is 29.2 Å². The van der Waals surface area contributed by atoms with Crippen molar-refractivity contribution in [1.82, 2.24) is 0 Å². The Morgan fingerprint density at radius 1 is 1.00 bits per heavy atom. The number of hydrogen-bond donors (Lipinski definition) is 2. The number of benzene rings is 2. The molecule has 0 atom stereocenters. The van der Waals surface area contributed by atoms with Gasteiger partial charge < -0.3 is 10.6 Å². The Labute approximate surface area is 154 Å². The van der Waals surface area contributed by atoms with Crippen LogP contribution in [0, 0.1) is 6.92 Å². The molecular weight excluding hydrogens is 425 g/mol. The standard InChI is InChI=1S/C16H11BrClF3N2O2/c1-8-2-4-13(11(17)6-8)23-15(25)14(24)22-12-5-3-9(18)7-10(12)16(19,20)21/h2-7H,1H3,(H,22,24)(H,23,25). The van der Waals surface area contributed by atoms with E-state index in [4.69, 9.17) is 11.6 Å². The monoisotopic (exact) mass is 434 g/mol. The molecule has 2 aromatic rings. The molecule has 2 N–H and O–H groups in total. The van der Waals surface area contributed by atoms with Crippen LogP contribution in [-0.4, -0.2) is 11.8 Å². The molecule has 9 heteroatoms. The van der Waals surface area contributed by atoms with E-state index in [1.54, 1.807) is 18.2 Å². The summed E-state index contributed by atoms with van der Waals surface area (Å²) >= 11 is 8.79. The van der Waals surface area contributed by atoms with Gasteiger partial charge in [0.1, 0.15) is 0 Å². The minimum atomic E-state index is -4.73. The van der Waals surface area contributed by atoms with Crippen LogP contribution in [0.3, 0.4) is 0 Å². The van der Waals surface area contributed by atoms with Crippen molar-refractivity contribution < 1.29 is 22.8 Å². The van der Waals surface area contributed by atoms with Crippen molar-refractivity contribution in [1.29, 1.82) is 0 Å². The minimum absolute atomic E-state index is 0.140. The van der Waals surface area contributed by atoms with Gasteiger partial charge in [-0.25, -0.2) is 0 Å². The molecule has 4 nitrogen and oxygen atoms in total. The molecule has 0 radical (unpaired) electrons. The Morgan fingerprint density at radius 2 is 1.56 bits per heavy atom. The van der Waals surface area contributed by atoms with Gasteiger partial charge in [-0.15, -0.1) is 0 Å². The first kappa shape index (κ1) is 19.3. The molecule has 25 heavy (non-hydrogen) atoms. The Hall–Kier alpha value is -2.06. The molecule has 0 aromatic heterocycles. The highest BCUT2D eigenvalue weighted by atomic mass is 79.9. The van der Waals surface area contributed by atoms with Gasteiger partial charge in [0.2, 0.25) is 0 Å². The second-order valence-corrected chi connectivity index (χ2v) is 6.37. The number of hydrogen-bond acceptors (Lipinski definition) is 2. The predicted octanol–water partition coefficient (Wildman–Crippen LogP) is 5.01. The molecule has 0 unspecified atom stereocenters. The molecule has 132 valence electrons. The molecule has 0 bridgehead atoms. The summed E-state index contributed by atoms with van der Waals surface area (Å²) in [5, 5.41) is 4.13. The quantitative estimate of drug-likeness (QED) is 0.652. The first-order valence-corrected chi connectivity index (χ1v) is 8.00. The zero-order valence-corrected chi connectivity index (χ0v) is 15.0. The molecule has 2 amide bonds. The fourth-order valence-electron chi connectivity index (χ4n) is 1.94. The average molecular weight is 436 g/mol. The predicted molar refractivity (Wildman–Crippen MR) is 92.6 cm³/mol. The minimum Gasteiger partial charge on any atom is -0.317 e. The maximum absolute atomic E-state index is 13.0. The van der Waals surface area contributed by atoms with Gasteiger partial charge in [-0.1, -0.05) is 17.7 Å². The Kier molecular flexibility index (Phi) is 5.74. The SMILES string of the molecule is Cc1ccc(NC(=O)C(=O)Nc2ccc(Cl)cc2C(F)(F)F)c(Br)c1. The number of halogens is 5. The van der Waals surface area contributed by atoms with Crippen molar-refractivity contribution >= 4 is 50.7 Å². The van der Waals surface area contributed by atoms with E-state index in [2.05, 4.69) is 21.2 Å². The van der Waals surface area contributed by atoms with E-state index in [-0.39, 0.29) is 5.02 Å². The molecule has 2 aromatic carbocycles. The number of aryl methyl sites for hydroxylation is 1. The summed E-state index contributed by atoms with van der Waals surface area (Å²) in [5.41, 5.74) is -0.458. The van der Waals surface area contributed by atoms with Crippen LogP contribution in [0.5, 0.6) is 0 Å². The number of anilines is 2. The number of alkyl halides is 3. The van der Waals surface area contributed by atoms with E-state index in [1.807, 2.05) is 12.2 Å². The summed E-state index contributed by atoms with van der Waals surface area (Å²) in [4.78, 5) is 23.9. The third-order valence-electron chi connectivity index (χ3n) is 3.11. The van der Waals surface area contributed by atoms with Gasteiger partial charge >= 0.3 is 18.0 Å². The van der Waals surface area contributed by atoms with Gasteiger partial charge in [0, 0.05) is 9.50 Å². The molecule has 0 saturated carbocycles. The lowest BCUT2D eigenvalue weighted by atomic mass is 10.1. The van der Waals surface area contributed by atoms with Crippen LogP contribution < -0.4 is 10.6 Å². The molecule has 2 rings (SSSR count). The van der Waals surface area contributed by atoms with E-state index in [0.717, 1.165) is 11.6 Å². The normalized spacial score (nSPS) is 11.1. The molecular formula is C16H11BrClF3N2O2. The van der Waals surface area contributed by atoms with Crippen LogP contribution >= 0.6 is 27.5 Å². The Morgan fingerprint density at radius 3 is 2.12 bits per heavy atom. The Balaban J connectivity index is 2.18. The van der Waals surface area contributed by atoms with Crippen molar-refractivity contribution in [3.05, 3.63) is 57.0 Å². The lowest BCUT2D eigenvalue weighted by molar-refractivity contribution is -0.137. The van der Waals surface area contributed by atoms with E-state index in [1.165, 1.54) is 6.07 Å². The van der Waals surface area contributed by atoms with Crippen molar-refractivity contribution in [3.63, 3.8) is 0 Å². The summed E-state index contributed by atoms with van der Waals surface area (Å²) in [6.07, 6.45) is -4.73. The largest absolute Gasteiger partial charge is 0.418 e. The third kappa shape index (κ3) is 4.96. The number of amides is 2. The van der Waals surface area contributed by atoms with Crippen molar-refractivity contribution in [2.45, 2.75) is 13.1 Å². The smallest absolute Gasteiger partial charge is 0.317 e. The number of carbonyl (C=O) groups excluding carboxylic acids is 2. The van der Waals surface area contributed by atoms with Gasteiger partial charge in [-0.05, 0) is 58.7 Å². The van der Waals surface area contributed by atoms with Crippen LogP contribution in [0.25, 0.3) is 0 Å². The maximum Gasteiger partial charge on any atom is 0.418 e. The topological polar surface area (TPSA) is 58.2 Å². The summed E-state index contributed by atoms with van der Waals surface area (Å²) < 4.78 is 39.5. The highest BCUT2D eigenvalue weighted by molar-refractivity contribution is 9.10. The Bertz CT molecular complexity index is 841. The molecule has 0 saturated heterocycles. The second-order valence-electron chi connectivity index (χ2n) is 5.08. The van der Waals surface area contributed by atoms with E-state index >= 15 is 0 Å². The zero-order chi connectivity index (χ0) is 18.8. The van der Waals surface area contributed by atoms with Crippen molar-refractivity contribution in [3.8, 4) is 0 Å². The highest BCUT2D eigenvalue weighted by Crippen LogP contribution is 2.36. The summed E-state index contributed by atoms with van der Waals surface area (Å²) in [6.45, 7) is 1.84. The summed E-state index contributed by atoms with van der Waals surface area (Å²) in [7, 11) is 0. The van der Waals surface area contributed by atoms with Gasteiger partial charge in [-0.2, -0.15) is 13.2 Å². The molecule has 0 heterocycles. The van der Waals surface area contributed by atoms with Gasteiger partial charge in [0.05, 0.1) is 16.9 Å². The van der Waals surface area contributed by atoms with Gasteiger partial charge in [-0.3, -0.25) is 9.59 Å². The van der Waals surface area contributed by atoms with E-state index in [9.17, 15) is 22.8 Å². The molecule has 0 aliphatic carbocycles. The first-order valence-electron chi connectivity index (χ1n) is 6.83. The maximum atomic E-state index is 13.0. The lowest BCUT2D eigenvalue weighted by Gasteiger charge is -2.14. The zero-order valence-electron chi connectivity index (χ0n) is 12.7. The third-order valence-corrected chi connectivity index (χ3v) is 4.01. The second kappa shape index (κ2) is 7.45. The van der Waals surface area contributed by atoms with Crippen LogP contribution in [0.4, 0.5) is 24.5 Å². The lowest BCUT2D eigenvalue weighted by Crippen LogP contribution is -2.30. The highest BCUT2D eigenvalue weighted by Gasteiger charge is 2.34. The van der Waals surface area contributed by atoms with Crippen LogP contribution in [0.1, 0.15) is 11.1 Å². The summed E-state index contributed by atoms with van der Waals surface area (Å²) in [5.74, 6) is -2.34. The number of carbonyl (C=O) groups is 2. The van der Waals surface area contributed by atoms with Gasteiger partial charge in [0.25, 0.3) is 0 Å². The average Bonchev–Trinajstić information content (AvgIpc) is 2.50. The number of rotatable bonds is 2. The number of nitrogens with one attached hydrogen (secondary N) is 2. The molecule has 0 spiro atoms. The van der Waals surface area contributed by atoms with Crippen LogP contribution in [0.15, 0.2) is 40.9 Å². The molecule has 0 aliphatic rings. The fraction of sp³-hybridized carbons (Fsp3) is 0.125. The molecule has 0 aliphatic heterocycles. The van der Waals surface area contributed by atoms with E-state index in [0.29, 0.717) is 16.2 Å². The van der Waals surface area contributed by atoms with Crippen LogP contribution in [-0.2, 0) is 15.8 Å².